The summed E-state index contributed by atoms with van der Waals surface area (Å²) in [5, 5.41) is -0.245. The Balaban J connectivity index is 3.88. The normalized spacial score (nSPS) is 10.2. The molecule has 0 radical (unpaired) electrons. The summed E-state index contributed by atoms with van der Waals surface area (Å²) in [7, 11) is 2.59. The highest BCUT2D eigenvalue weighted by molar-refractivity contribution is 6.32. The topological polar surface area (TPSA) is 87.1 Å². The summed E-state index contributed by atoms with van der Waals surface area (Å²) in [6.07, 6.45) is 0. The van der Waals surface area contributed by atoms with Gasteiger partial charge in [0.05, 0.1) is 0 Å². The summed E-state index contributed by atoms with van der Waals surface area (Å²) in [5.74, 6) is -0.953. The molecule has 6 nitrogen and oxygen atoms in total. The van der Waals surface area contributed by atoms with Crippen molar-refractivity contribution in [1.29, 1.82) is 0 Å². The molecule has 0 spiro atoms. The molecule has 0 aromatic carbocycles. The molecule has 0 fully saturated rings. The number of primary amides is 1. The number of hydrogen-bond donors (Lipinski definition) is 1. The van der Waals surface area contributed by atoms with Gasteiger partial charge in [-0.2, -0.15) is 0 Å². The number of carbonyl (C=O) groups excluding carboxylic acids is 1. The lowest BCUT2D eigenvalue weighted by Gasteiger charge is -2.06. The van der Waals surface area contributed by atoms with Crippen LogP contribution in [0.3, 0.4) is 0 Å². The lowest BCUT2D eigenvalue weighted by atomic mass is 10.3. The number of nitrogens with two attached hydrogens (primary N) is 1. The van der Waals surface area contributed by atoms with Crippen LogP contribution in [0.1, 0.15) is 10.4 Å². The summed E-state index contributed by atoms with van der Waals surface area (Å²) in [6, 6.07) is 0. The Bertz CT molecular complexity index is 514. The maximum absolute atomic E-state index is 11.4. The van der Waals surface area contributed by atoms with Crippen molar-refractivity contribution in [3.05, 3.63) is 31.6 Å². The molecular weight excluding hydrogens is 210 g/mol. The number of rotatable bonds is 1. The van der Waals surface area contributed by atoms with Crippen LogP contribution >= 0.6 is 11.6 Å². The Morgan fingerprint density at radius 2 is 1.79 bits per heavy atom. The van der Waals surface area contributed by atoms with Gasteiger partial charge in [0.2, 0.25) is 0 Å². The van der Waals surface area contributed by atoms with Crippen molar-refractivity contribution < 1.29 is 4.79 Å². The molecule has 0 unspecified atom stereocenters. The van der Waals surface area contributed by atoms with Gasteiger partial charge in [0.15, 0.2) is 0 Å². The van der Waals surface area contributed by atoms with Gasteiger partial charge in [0.25, 0.3) is 11.5 Å². The Morgan fingerprint density at radius 3 is 2.21 bits per heavy atom. The fourth-order valence-electron chi connectivity index (χ4n) is 1.03. The summed E-state index contributed by atoms with van der Waals surface area (Å²) >= 11 is 5.62. The highest BCUT2D eigenvalue weighted by Gasteiger charge is 2.17. The predicted molar refractivity (Wildman–Crippen MR) is 50.5 cm³/mol. The molecule has 1 rings (SSSR count). The van der Waals surface area contributed by atoms with Gasteiger partial charge >= 0.3 is 5.69 Å². The molecule has 0 saturated heterocycles. The average molecular weight is 218 g/mol. The molecule has 1 heterocycles. The second kappa shape index (κ2) is 3.30. The SMILES string of the molecule is Cn1c(Cl)c(C(N)=O)c(=O)n(C)c1=O. The van der Waals surface area contributed by atoms with E-state index in [1.165, 1.54) is 14.1 Å². The first kappa shape index (κ1) is 10.5. The van der Waals surface area contributed by atoms with E-state index in [9.17, 15) is 14.4 Å². The molecule has 0 aliphatic heterocycles. The average Bonchev–Trinajstić information content (AvgIpc) is 2.11. The minimum absolute atomic E-state index is 0.245. The summed E-state index contributed by atoms with van der Waals surface area (Å²) in [4.78, 5) is 33.5. The van der Waals surface area contributed by atoms with Crippen LogP contribution in [0.4, 0.5) is 0 Å². The van der Waals surface area contributed by atoms with Gasteiger partial charge in [0.1, 0.15) is 10.7 Å². The lowest BCUT2D eigenvalue weighted by molar-refractivity contribution is 0.0997. The third-order valence-corrected chi connectivity index (χ3v) is 2.28. The van der Waals surface area contributed by atoms with Crippen LogP contribution in [-0.2, 0) is 14.1 Å². The molecular formula is C7H8ClN3O3. The van der Waals surface area contributed by atoms with Crippen LogP contribution in [0.15, 0.2) is 9.59 Å². The van der Waals surface area contributed by atoms with E-state index in [1.54, 1.807) is 0 Å². The minimum Gasteiger partial charge on any atom is -0.365 e. The van der Waals surface area contributed by atoms with Crippen LogP contribution in [-0.4, -0.2) is 15.0 Å². The van der Waals surface area contributed by atoms with E-state index in [0.717, 1.165) is 9.13 Å². The number of carbonyl (C=O) groups is 1. The molecule has 76 valence electrons. The monoisotopic (exact) mass is 217 g/mol. The molecule has 7 heteroatoms. The molecule has 0 atom stereocenters. The third-order valence-electron chi connectivity index (χ3n) is 1.84. The number of nitrogens with zero attached hydrogens (tertiary/aromatic N) is 2. The maximum Gasteiger partial charge on any atom is 0.331 e. The molecule has 1 aromatic heterocycles. The van der Waals surface area contributed by atoms with Gasteiger partial charge in [-0.05, 0) is 0 Å². The van der Waals surface area contributed by atoms with E-state index < -0.39 is 17.2 Å². The fraction of sp³-hybridized carbons (Fsp3) is 0.286. The molecule has 1 aromatic rings. The van der Waals surface area contributed by atoms with Crippen LogP contribution in [0.5, 0.6) is 0 Å². The van der Waals surface area contributed by atoms with E-state index in [4.69, 9.17) is 17.3 Å². The van der Waals surface area contributed by atoms with Crippen molar-refractivity contribution >= 4 is 17.5 Å². The summed E-state index contributed by atoms with van der Waals surface area (Å²) < 4.78 is 1.75. The smallest absolute Gasteiger partial charge is 0.331 e. The first-order valence-electron chi connectivity index (χ1n) is 3.63. The van der Waals surface area contributed by atoms with E-state index in [-0.39, 0.29) is 10.7 Å². The molecule has 0 aliphatic rings. The van der Waals surface area contributed by atoms with Crippen molar-refractivity contribution in [3.8, 4) is 0 Å². The molecule has 2 N–H and O–H groups in total. The first-order valence-corrected chi connectivity index (χ1v) is 4.01. The molecule has 14 heavy (non-hydrogen) atoms. The highest BCUT2D eigenvalue weighted by atomic mass is 35.5. The highest BCUT2D eigenvalue weighted by Crippen LogP contribution is 2.06. The van der Waals surface area contributed by atoms with E-state index in [2.05, 4.69) is 0 Å². The van der Waals surface area contributed by atoms with Gasteiger partial charge < -0.3 is 5.73 Å². The summed E-state index contributed by atoms with van der Waals surface area (Å²) in [5.41, 5.74) is 3.18. The number of aromatic nitrogens is 2. The standard InChI is InChI=1S/C7H8ClN3O3/c1-10-4(8)3(5(9)12)6(13)11(2)7(10)14/h1-2H3,(H2,9,12). The van der Waals surface area contributed by atoms with E-state index >= 15 is 0 Å². The van der Waals surface area contributed by atoms with Crippen LogP contribution < -0.4 is 17.0 Å². The first-order chi connectivity index (χ1) is 6.37. The van der Waals surface area contributed by atoms with Crippen LogP contribution in [0.25, 0.3) is 0 Å². The second-order valence-electron chi connectivity index (χ2n) is 2.74. The Labute approximate surface area is 83.5 Å². The lowest BCUT2D eigenvalue weighted by Crippen LogP contribution is -2.41. The molecule has 0 aliphatic carbocycles. The van der Waals surface area contributed by atoms with Gasteiger partial charge in [-0.25, -0.2) is 4.79 Å². The van der Waals surface area contributed by atoms with Gasteiger partial charge in [0, 0.05) is 14.1 Å². The quantitative estimate of drug-likeness (QED) is 0.602. The minimum atomic E-state index is -0.953. The molecule has 0 bridgehead atoms. The number of amides is 1. The fourth-order valence-corrected chi connectivity index (χ4v) is 1.27. The Morgan fingerprint density at radius 1 is 1.29 bits per heavy atom. The van der Waals surface area contributed by atoms with Crippen molar-refractivity contribution in [1.82, 2.24) is 9.13 Å². The maximum atomic E-state index is 11.4. The Kier molecular flexibility index (Phi) is 2.48. The zero-order valence-electron chi connectivity index (χ0n) is 7.57. The predicted octanol–water partition coefficient (Wildman–Crippen LogP) is -1.16. The van der Waals surface area contributed by atoms with Gasteiger partial charge in [-0.3, -0.25) is 18.7 Å². The molecule has 1 amide bonds. The largest absolute Gasteiger partial charge is 0.365 e. The van der Waals surface area contributed by atoms with Crippen molar-refractivity contribution in [2.75, 3.05) is 0 Å². The van der Waals surface area contributed by atoms with Crippen molar-refractivity contribution in [2.24, 2.45) is 19.8 Å². The molecule has 0 saturated carbocycles. The second-order valence-corrected chi connectivity index (χ2v) is 3.09. The zero-order valence-corrected chi connectivity index (χ0v) is 8.33. The van der Waals surface area contributed by atoms with Crippen molar-refractivity contribution in [3.63, 3.8) is 0 Å². The van der Waals surface area contributed by atoms with Crippen LogP contribution in [0.2, 0.25) is 5.15 Å². The number of hydrogen-bond acceptors (Lipinski definition) is 3. The van der Waals surface area contributed by atoms with Crippen LogP contribution in [0, 0.1) is 0 Å². The van der Waals surface area contributed by atoms with E-state index in [0.29, 0.717) is 0 Å². The van der Waals surface area contributed by atoms with E-state index in [1.807, 2.05) is 0 Å². The van der Waals surface area contributed by atoms with Gasteiger partial charge in [-0.15, -0.1) is 0 Å². The van der Waals surface area contributed by atoms with Crippen molar-refractivity contribution in [2.45, 2.75) is 0 Å². The number of halogens is 1. The van der Waals surface area contributed by atoms with Gasteiger partial charge in [-0.1, -0.05) is 11.6 Å². The Hall–Kier alpha value is -1.56. The zero-order chi connectivity index (χ0) is 11.0. The third kappa shape index (κ3) is 1.33. The summed E-state index contributed by atoms with van der Waals surface area (Å²) in [6.45, 7) is 0.